The SMILES string of the molecule is Fc1ccc(-c2ccc(-c3nc(-c4ccc(-c5ccc(F)cc5)cc4)nc(-n4c5ccccc5c5cc(-c6ccc7c(c6)c6ccccc6n7-c6ccccc6)ccc54)n3)cc2)cc1. The Morgan fingerprint density at radius 3 is 1.12 bits per heavy atom. The minimum absolute atomic E-state index is 0.275. The van der Waals surface area contributed by atoms with Gasteiger partial charge in [0.25, 0.3) is 0 Å². The molecule has 3 aromatic heterocycles. The molecular formula is C57H35F2N5. The fraction of sp³-hybridized carbons (Fsp3) is 0. The third-order valence-electron chi connectivity index (χ3n) is 12.2. The molecule has 0 fully saturated rings. The number of benzene rings is 9. The topological polar surface area (TPSA) is 48.5 Å². The van der Waals surface area contributed by atoms with E-state index >= 15 is 0 Å². The van der Waals surface area contributed by atoms with Crippen molar-refractivity contribution >= 4 is 43.6 Å². The summed E-state index contributed by atoms with van der Waals surface area (Å²) >= 11 is 0. The number of para-hydroxylation sites is 3. The second kappa shape index (κ2) is 15.1. The van der Waals surface area contributed by atoms with Gasteiger partial charge in [-0.15, -0.1) is 0 Å². The van der Waals surface area contributed by atoms with Gasteiger partial charge in [0.2, 0.25) is 5.95 Å². The van der Waals surface area contributed by atoms with Gasteiger partial charge < -0.3 is 4.57 Å². The van der Waals surface area contributed by atoms with E-state index in [1.54, 1.807) is 24.3 Å². The Morgan fingerprint density at radius 2 is 0.641 bits per heavy atom. The molecule has 0 radical (unpaired) electrons. The predicted molar refractivity (Wildman–Crippen MR) is 256 cm³/mol. The van der Waals surface area contributed by atoms with Gasteiger partial charge in [-0.05, 0) is 106 Å². The zero-order chi connectivity index (χ0) is 42.7. The van der Waals surface area contributed by atoms with Crippen LogP contribution in [0.15, 0.2) is 212 Å². The maximum atomic E-state index is 13.7. The van der Waals surface area contributed by atoms with Crippen LogP contribution in [0, 0.1) is 11.6 Å². The van der Waals surface area contributed by atoms with E-state index in [0.29, 0.717) is 17.6 Å². The summed E-state index contributed by atoms with van der Waals surface area (Å²) in [5, 5.41) is 4.56. The normalized spacial score (nSPS) is 11.6. The minimum atomic E-state index is -0.275. The molecule has 0 aliphatic heterocycles. The maximum absolute atomic E-state index is 13.7. The van der Waals surface area contributed by atoms with E-state index in [2.05, 4.69) is 112 Å². The van der Waals surface area contributed by atoms with Crippen LogP contribution in [-0.2, 0) is 0 Å². The molecule has 0 aliphatic rings. The molecule has 12 aromatic rings. The van der Waals surface area contributed by atoms with Crippen molar-refractivity contribution in [1.29, 1.82) is 0 Å². The summed E-state index contributed by atoms with van der Waals surface area (Å²) in [5.41, 5.74) is 13.0. The lowest BCUT2D eigenvalue weighted by Gasteiger charge is -2.12. The molecule has 0 saturated heterocycles. The molecule has 0 saturated carbocycles. The average molecular weight is 828 g/mol. The highest BCUT2D eigenvalue weighted by atomic mass is 19.1. The zero-order valence-electron chi connectivity index (χ0n) is 34.2. The number of fused-ring (bicyclic) bond motifs is 6. The molecular weight excluding hydrogens is 793 g/mol. The first-order chi connectivity index (χ1) is 31.5. The summed E-state index contributed by atoms with van der Waals surface area (Å²) in [6.45, 7) is 0. The van der Waals surface area contributed by atoms with Crippen molar-refractivity contribution in [1.82, 2.24) is 24.1 Å². The summed E-state index contributed by atoms with van der Waals surface area (Å²) in [4.78, 5) is 15.4. The van der Waals surface area contributed by atoms with E-state index in [9.17, 15) is 8.78 Å². The molecule has 0 bridgehead atoms. The Kier molecular flexibility index (Phi) is 8.79. The summed E-state index contributed by atoms with van der Waals surface area (Å²) in [6, 6.07) is 69.8. The molecule has 5 nitrogen and oxygen atoms in total. The van der Waals surface area contributed by atoms with Crippen LogP contribution in [0.25, 0.3) is 111 Å². The van der Waals surface area contributed by atoms with Crippen LogP contribution in [0.3, 0.4) is 0 Å². The molecule has 0 spiro atoms. The van der Waals surface area contributed by atoms with E-state index in [1.165, 1.54) is 40.6 Å². The minimum Gasteiger partial charge on any atom is -0.309 e. The van der Waals surface area contributed by atoms with E-state index in [1.807, 2.05) is 60.7 Å². The fourth-order valence-electron chi connectivity index (χ4n) is 9.01. The molecule has 0 N–H and O–H groups in total. The molecule has 12 rings (SSSR count). The number of hydrogen-bond donors (Lipinski definition) is 0. The van der Waals surface area contributed by atoms with E-state index < -0.39 is 0 Å². The molecule has 7 heteroatoms. The first-order valence-corrected chi connectivity index (χ1v) is 21.1. The quantitative estimate of drug-likeness (QED) is 0.161. The maximum Gasteiger partial charge on any atom is 0.238 e. The van der Waals surface area contributed by atoms with Gasteiger partial charge in [-0.25, -0.2) is 13.8 Å². The third-order valence-corrected chi connectivity index (χ3v) is 12.2. The van der Waals surface area contributed by atoms with Crippen molar-refractivity contribution in [3.63, 3.8) is 0 Å². The highest BCUT2D eigenvalue weighted by molar-refractivity contribution is 6.12. The van der Waals surface area contributed by atoms with Gasteiger partial charge in [0.05, 0.1) is 22.1 Å². The molecule has 9 aromatic carbocycles. The fourth-order valence-corrected chi connectivity index (χ4v) is 9.01. The highest BCUT2D eigenvalue weighted by Gasteiger charge is 2.20. The molecule has 302 valence electrons. The second-order valence-corrected chi connectivity index (χ2v) is 16.0. The Hall–Kier alpha value is -8.55. The lowest BCUT2D eigenvalue weighted by atomic mass is 10.0. The van der Waals surface area contributed by atoms with Gasteiger partial charge in [0.15, 0.2) is 11.6 Å². The van der Waals surface area contributed by atoms with Crippen molar-refractivity contribution < 1.29 is 8.78 Å². The van der Waals surface area contributed by atoms with E-state index in [-0.39, 0.29) is 11.6 Å². The Labute approximate surface area is 366 Å². The Morgan fingerprint density at radius 1 is 0.281 bits per heavy atom. The van der Waals surface area contributed by atoms with Crippen LogP contribution < -0.4 is 0 Å². The van der Waals surface area contributed by atoms with Crippen molar-refractivity contribution in [3.05, 3.63) is 224 Å². The number of aromatic nitrogens is 5. The van der Waals surface area contributed by atoms with Crippen LogP contribution in [0.2, 0.25) is 0 Å². The number of halogens is 2. The van der Waals surface area contributed by atoms with Crippen LogP contribution in [0.1, 0.15) is 0 Å². The first kappa shape index (κ1) is 37.2. The van der Waals surface area contributed by atoms with E-state index in [4.69, 9.17) is 15.0 Å². The monoisotopic (exact) mass is 827 g/mol. The van der Waals surface area contributed by atoms with Crippen molar-refractivity contribution in [2.45, 2.75) is 0 Å². The predicted octanol–water partition coefficient (Wildman–Crippen LogP) is 14.7. The van der Waals surface area contributed by atoms with Crippen LogP contribution in [-0.4, -0.2) is 24.1 Å². The smallest absolute Gasteiger partial charge is 0.238 e. The number of hydrogen-bond acceptors (Lipinski definition) is 3. The highest BCUT2D eigenvalue weighted by Crippen LogP contribution is 2.39. The molecule has 64 heavy (non-hydrogen) atoms. The first-order valence-electron chi connectivity index (χ1n) is 21.1. The largest absolute Gasteiger partial charge is 0.309 e. The van der Waals surface area contributed by atoms with Crippen molar-refractivity contribution in [2.24, 2.45) is 0 Å². The van der Waals surface area contributed by atoms with Gasteiger partial charge in [-0.3, -0.25) is 4.57 Å². The van der Waals surface area contributed by atoms with Gasteiger partial charge in [-0.1, -0.05) is 140 Å². The molecule has 0 amide bonds. The van der Waals surface area contributed by atoms with Crippen molar-refractivity contribution in [2.75, 3.05) is 0 Å². The lowest BCUT2D eigenvalue weighted by molar-refractivity contribution is 0.627. The summed E-state index contributed by atoms with van der Waals surface area (Å²) in [6.07, 6.45) is 0. The van der Waals surface area contributed by atoms with Gasteiger partial charge in [0.1, 0.15) is 11.6 Å². The Balaban J connectivity index is 1.00. The van der Waals surface area contributed by atoms with E-state index in [0.717, 1.165) is 77.5 Å². The Bertz CT molecular complexity index is 3600. The van der Waals surface area contributed by atoms with Crippen molar-refractivity contribution in [3.8, 4) is 67.8 Å². The molecule has 3 heterocycles. The zero-order valence-corrected chi connectivity index (χ0v) is 34.2. The van der Waals surface area contributed by atoms with Crippen LogP contribution in [0.5, 0.6) is 0 Å². The third kappa shape index (κ3) is 6.41. The number of nitrogens with zero attached hydrogens (tertiary/aromatic N) is 5. The second-order valence-electron chi connectivity index (χ2n) is 16.0. The van der Waals surface area contributed by atoms with Gasteiger partial charge in [0, 0.05) is 38.4 Å². The molecule has 0 atom stereocenters. The summed E-state index contributed by atoms with van der Waals surface area (Å²) < 4.78 is 32.0. The molecule has 0 aliphatic carbocycles. The summed E-state index contributed by atoms with van der Waals surface area (Å²) in [7, 11) is 0. The standard InChI is InChI=1S/C57H35F2N5/c58-44-28-22-38(23-29-44)36-14-18-40(19-15-36)55-60-56(41-20-16-37(17-21-41)39-24-30-45(59)31-25-39)62-57(61-55)64-52-13-7-5-11-48(52)50-35-43(27-33-54(50)64)42-26-32-53-49(34-42)47-10-4-6-12-51(47)63(53)46-8-2-1-3-9-46/h1-35H. The summed E-state index contributed by atoms with van der Waals surface area (Å²) in [5.74, 6) is 0.960. The van der Waals surface area contributed by atoms with Gasteiger partial charge in [-0.2, -0.15) is 9.97 Å². The average Bonchev–Trinajstić information content (AvgIpc) is 3.87. The lowest BCUT2D eigenvalue weighted by Crippen LogP contribution is -2.06. The number of rotatable bonds is 7. The molecule has 0 unspecified atom stereocenters. The van der Waals surface area contributed by atoms with Crippen LogP contribution in [0.4, 0.5) is 8.78 Å². The van der Waals surface area contributed by atoms with Crippen LogP contribution >= 0.6 is 0 Å². The van der Waals surface area contributed by atoms with Gasteiger partial charge >= 0.3 is 0 Å².